The van der Waals surface area contributed by atoms with Crippen molar-refractivity contribution in [2.24, 2.45) is 0 Å². The minimum atomic E-state index is -3.48. The van der Waals surface area contributed by atoms with E-state index in [9.17, 15) is 8.42 Å². The molecule has 4 nitrogen and oxygen atoms in total. The monoisotopic (exact) mass is 324 g/mol. The molecule has 7 heteroatoms. The molecule has 0 aromatic carbocycles. The van der Waals surface area contributed by atoms with Crippen LogP contribution in [0.15, 0.2) is 21.8 Å². The number of rotatable bonds is 2. The summed E-state index contributed by atoms with van der Waals surface area (Å²) in [6.45, 7) is 1.12. The van der Waals surface area contributed by atoms with Crippen LogP contribution in [-0.4, -0.2) is 30.8 Å². The fraction of sp³-hybridized carbons (Fsp3) is 0.444. The molecule has 0 bridgehead atoms. The molecular formula is C9H10BrClN2O2S. The fourth-order valence-electron chi connectivity index (χ4n) is 1.65. The van der Waals surface area contributed by atoms with Crippen molar-refractivity contribution in [3.05, 3.63) is 21.9 Å². The maximum absolute atomic E-state index is 12.2. The SMILES string of the molecule is O=S(=O)(c1cncc(Br)c1Cl)N1CCCC1. The molecule has 1 saturated heterocycles. The first kappa shape index (κ1) is 12.3. The first-order valence-corrected chi connectivity index (χ1v) is 7.44. The van der Waals surface area contributed by atoms with Gasteiger partial charge in [0.1, 0.15) is 4.90 Å². The zero-order chi connectivity index (χ0) is 11.8. The number of halogens is 2. The van der Waals surface area contributed by atoms with E-state index in [4.69, 9.17) is 11.6 Å². The number of sulfonamides is 1. The Labute approximate surface area is 108 Å². The Balaban J connectivity index is 2.47. The third-order valence-corrected chi connectivity index (χ3v) is 5.75. The molecule has 0 saturated carbocycles. The van der Waals surface area contributed by atoms with Gasteiger partial charge in [0.15, 0.2) is 0 Å². The van der Waals surface area contributed by atoms with E-state index >= 15 is 0 Å². The summed E-state index contributed by atoms with van der Waals surface area (Å²) in [4.78, 5) is 3.92. The Morgan fingerprint density at radius 1 is 1.31 bits per heavy atom. The van der Waals surface area contributed by atoms with Gasteiger partial charge < -0.3 is 0 Å². The lowest BCUT2D eigenvalue weighted by atomic mass is 10.4. The second-order valence-electron chi connectivity index (χ2n) is 3.54. The maximum atomic E-state index is 12.2. The predicted molar refractivity (Wildman–Crippen MR) is 64.9 cm³/mol. The van der Waals surface area contributed by atoms with Gasteiger partial charge in [0, 0.05) is 25.5 Å². The quantitative estimate of drug-likeness (QED) is 0.838. The van der Waals surface area contributed by atoms with Crippen molar-refractivity contribution in [3.8, 4) is 0 Å². The predicted octanol–water partition coefficient (Wildman–Crippen LogP) is 2.28. The average molecular weight is 326 g/mol. The summed E-state index contributed by atoms with van der Waals surface area (Å²) in [5.74, 6) is 0. The van der Waals surface area contributed by atoms with E-state index in [1.165, 1.54) is 16.7 Å². The Morgan fingerprint density at radius 3 is 2.56 bits per heavy atom. The number of hydrogen-bond donors (Lipinski definition) is 0. The third kappa shape index (κ3) is 2.11. The first-order chi connectivity index (χ1) is 7.53. The molecule has 0 aliphatic carbocycles. The van der Waals surface area contributed by atoms with Crippen LogP contribution in [0.3, 0.4) is 0 Å². The number of nitrogens with zero attached hydrogens (tertiary/aromatic N) is 2. The summed E-state index contributed by atoms with van der Waals surface area (Å²) in [7, 11) is -3.48. The van der Waals surface area contributed by atoms with Crippen molar-refractivity contribution in [2.45, 2.75) is 17.7 Å². The Hall–Kier alpha value is -0.170. The highest BCUT2D eigenvalue weighted by Crippen LogP contribution is 2.31. The normalized spacial score (nSPS) is 17.9. The highest BCUT2D eigenvalue weighted by molar-refractivity contribution is 9.10. The lowest BCUT2D eigenvalue weighted by molar-refractivity contribution is 0.477. The topological polar surface area (TPSA) is 50.3 Å². The summed E-state index contributed by atoms with van der Waals surface area (Å²) in [6, 6.07) is 0. The molecule has 88 valence electrons. The summed E-state index contributed by atoms with van der Waals surface area (Å²) < 4.78 is 26.3. The van der Waals surface area contributed by atoms with Gasteiger partial charge >= 0.3 is 0 Å². The van der Waals surface area contributed by atoms with Gasteiger partial charge in [-0.2, -0.15) is 4.31 Å². The van der Waals surface area contributed by atoms with Crippen LogP contribution in [0.25, 0.3) is 0 Å². The van der Waals surface area contributed by atoms with Gasteiger partial charge in [-0.05, 0) is 28.8 Å². The molecule has 0 amide bonds. The number of hydrogen-bond acceptors (Lipinski definition) is 3. The molecule has 1 aliphatic heterocycles. The van der Waals surface area contributed by atoms with Gasteiger partial charge in [0.2, 0.25) is 10.0 Å². The second-order valence-corrected chi connectivity index (χ2v) is 6.68. The molecular weight excluding hydrogens is 316 g/mol. The van der Waals surface area contributed by atoms with E-state index in [-0.39, 0.29) is 9.92 Å². The van der Waals surface area contributed by atoms with Crippen LogP contribution in [0.1, 0.15) is 12.8 Å². The van der Waals surface area contributed by atoms with Gasteiger partial charge in [-0.1, -0.05) is 11.6 Å². The average Bonchev–Trinajstić information content (AvgIpc) is 2.75. The van der Waals surface area contributed by atoms with Crippen molar-refractivity contribution in [3.63, 3.8) is 0 Å². The molecule has 0 radical (unpaired) electrons. The molecule has 1 aromatic rings. The summed E-state index contributed by atoms with van der Waals surface area (Å²) in [6.07, 6.45) is 4.57. The third-order valence-electron chi connectivity index (χ3n) is 2.49. The molecule has 1 aliphatic rings. The van der Waals surface area contributed by atoms with Crippen molar-refractivity contribution in [2.75, 3.05) is 13.1 Å². The lowest BCUT2D eigenvalue weighted by Gasteiger charge is -2.16. The van der Waals surface area contributed by atoms with Gasteiger partial charge in [-0.3, -0.25) is 4.98 Å². The Bertz CT molecular complexity index is 500. The number of pyridine rings is 1. The highest BCUT2D eigenvalue weighted by atomic mass is 79.9. The van der Waals surface area contributed by atoms with Gasteiger partial charge in [0.05, 0.1) is 9.50 Å². The van der Waals surface area contributed by atoms with Crippen molar-refractivity contribution >= 4 is 37.6 Å². The molecule has 1 aromatic heterocycles. The molecule has 2 rings (SSSR count). The van der Waals surface area contributed by atoms with Crippen LogP contribution in [0.5, 0.6) is 0 Å². The molecule has 1 fully saturated rings. The van der Waals surface area contributed by atoms with E-state index in [0.717, 1.165) is 12.8 Å². The van der Waals surface area contributed by atoms with Crippen LogP contribution in [0.2, 0.25) is 5.02 Å². The molecule has 0 spiro atoms. The lowest BCUT2D eigenvalue weighted by Crippen LogP contribution is -2.28. The molecule has 0 atom stereocenters. The van der Waals surface area contributed by atoms with E-state index < -0.39 is 10.0 Å². The van der Waals surface area contributed by atoms with Crippen molar-refractivity contribution in [1.82, 2.24) is 9.29 Å². The van der Waals surface area contributed by atoms with Gasteiger partial charge in [-0.25, -0.2) is 8.42 Å². The molecule has 2 heterocycles. The largest absolute Gasteiger partial charge is 0.262 e. The summed E-state index contributed by atoms with van der Waals surface area (Å²) in [5, 5.41) is 0.196. The Kier molecular flexibility index (Phi) is 3.53. The van der Waals surface area contributed by atoms with E-state index in [2.05, 4.69) is 20.9 Å². The minimum Gasteiger partial charge on any atom is -0.262 e. The number of aromatic nitrogens is 1. The maximum Gasteiger partial charge on any atom is 0.246 e. The standard InChI is InChI=1S/C9H10BrClN2O2S/c10-7-5-12-6-8(9(7)11)16(14,15)13-3-1-2-4-13/h5-6H,1-4H2. The minimum absolute atomic E-state index is 0.0745. The molecule has 0 unspecified atom stereocenters. The molecule has 16 heavy (non-hydrogen) atoms. The van der Waals surface area contributed by atoms with Crippen LogP contribution < -0.4 is 0 Å². The van der Waals surface area contributed by atoms with Crippen molar-refractivity contribution in [1.29, 1.82) is 0 Å². The smallest absolute Gasteiger partial charge is 0.246 e. The van der Waals surface area contributed by atoms with Crippen LogP contribution in [0, 0.1) is 0 Å². The first-order valence-electron chi connectivity index (χ1n) is 4.82. The van der Waals surface area contributed by atoms with Crippen LogP contribution in [-0.2, 0) is 10.0 Å². The molecule has 0 N–H and O–H groups in total. The van der Waals surface area contributed by atoms with E-state index in [1.54, 1.807) is 0 Å². The van der Waals surface area contributed by atoms with Gasteiger partial charge in [-0.15, -0.1) is 0 Å². The second kappa shape index (κ2) is 4.60. The highest BCUT2D eigenvalue weighted by Gasteiger charge is 2.29. The summed E-state index contributed by atoms with van der Waals surface area (Å²) >= 11 is 9.13. The van der Waals surface area contributed by atoms with Gasteiger partial charge in [0.25, 0.3) is 0 Å². The van der Waals surface area contributed by atoms with Crippen LogP contribution in [0.4, 0.5) is 0 Å². The van der Waals surface area contributed by atoms with Crippen LogP contribution >= 0.6 is 27.5 Å². The zero-order valence-electron chi connectivity index (χ0n) is 8.36. The summed E-state index contributed by atoms with van der Waals surface area (Å²) in [5.41, 5.74) is 0. The van der Waals surface area contributed by atoms with Crippen molar-refractivity contribution < 1.29 is 8.42 Å². The van der Waals surface area contributed by atoms with E-state index in [0.29, 0.717) is 17.6 Å². The Morgan fingerprint density at radius 2 is 1.94 bits per heavy atom. The zero-order valence-corrected chi connectivity index (χ0v) is 11.5. The van der Waals surface area contributed by atoms with E-state index in [1.807, 2.05) is 0 Å². The fourth-order valence-corrected chi connectivity index (χ4v) is 4.05.